The minimum absolute atomic E-state index is 0.275. The summed E-state index contributed by atoms with van der Waals surface area (Å²) in [5.41, 5.74) is 10.2. The molecule has 116 valence electrons. The number of aryl methyl sites for hydroxylation is 1. The van der Waals surface area contributed by atoms with Crippen molar-refractivity contribution in [3.05, 3.63) is 29.3 Å². The maximum Gasteiger partial charge on any atom is 0.0779 e. The highest BCUT2D eigenvalue weighted by molar-refractivity contribution is 5.52. The smallest absolute Gasteiger partial charge is 0.0779 e. The van der Waals surface area contributed by atoms with E-state index in [2.05, 4.69) is 36.9 Å². The second-order valence-electron chi connectivity index (χ2n) is 6.58. The Labute approximate surface area is 128 Å². The molecular weight excluding hydrogens is 260 g/mol. The van der Waals surface area contributed by atoms with Gasteiger partial charge in [-0.3, -0.25) is 0 Å². The van der Waals surface area contributed by atoms with Crippen LogP contribution >= 0.6 is 0 Å². The lowest BCUT2D eigenvalue weighted by molar-refractivity contribution is 0.0256. The molecule has 1 heterocycles. The van der Waals surface area contributed by atoms with E-state index in [1.165, 1.54) is 36.1 Å². The normalized spacial score (nSPS) is 26.7. The highest BCUT2D eigenvalue weighted by Crippen LogP contribution is 2.33. The standard InChI is InChI=1S/C18H28N2O/c1-3-15(19)12-14-7-8-16(11-13(14)2)20-9-10-21-18-6-4-5-17(18)20/h7-8,11,15,17-18H,3-6,9-10,12,19H2,1-2H3. The van der Waals surface area contributed by atoms with E-state index in [4.69, 9.17) is 10.5 Å². The Morgan fingerprint density at radius 3 is 3.00 bits per heavy atom. The Morgan fingerprint density at radius 1 is 1.38 bits per heavy atom. The summed E-state index contributed by atoms with van der Waals surface area (Å²) < 4.78 is 5.92. The minimum Gasteiger partial charge on any atom is -0.374 e. The van der Waals surface area contributed by atoms with Crippen molar-refractivity contribution >= 4 is 5.69 Å². The first kappa shape index (κ1) is 14.9. The highest BCUT2D eigenvalue weighted by Gasteiger charge is 2.36. The largest absolute Gasteiger partial charge is 0.374 e. The molecule has 2 N–H and O–H groups in total. The van der Waals surface area contributed by atoms with Crippen LogP contribution in [0.3, 0.4) is 0 Å². The van der Waals surface area contributed by atoms with E-state index in [1.54, 1.807) is 0 Å². The zero-order valence-corrected chi connectivity index (χ0v) is 13.3. The molecular formula is C18H28N2O. The molecule has 1 aromatic carbocycles. The van der Waals surface area contributed by atoms with Gasteiger partial charge in [0, 0.05) is 18.3 Å². The van der Waals surface area contributed by atoms with E-state index in [1.807, 2.05) is 0 Å². The van der Waals surface area contributed by atoms with Gasteiger partial charge in [-0.15, -0.1) is 0 Å². The zero-order valence-electron chi connectivity index (χ0n) is 13.3. The van der Waals surface area contributed by atoms with Crippen molar-refractivity contribution in [3.8, 4) is 0 Å². The SMILES string of the molecule is CCC(N)Cc1ccc(N2CCOC3CCCC32)cc1C. The molecule has 2 aliphatic rings. The van der Waals surface area contributed by atoms with Crippen LogP contribution in [-0.2, 0) is 11.2 Å². The summed E-state index contributed by atoms with van der Waals surface area (Å²) >= 11 is 0. The van der Waals surface area contributed by atoms with E-state index in [0.29, 0.717) is 12.1 Å². The quantitative estimate of drug-likeness (QED) is 0.925. The van der Waals surface area contributed by atoms with Crippen molar-refractivity contribution in [2.45, 2.75) is 64.1 Å². The van der Waals surface area contributed by atoms with Gasteiger partial charge in [-0.2, -0.15) is 0 Å². The molecule has 0 bridgehead atoms. The van der Waals surface area contributed by atoms with Crippen LogP contribution in [0.2, 0.25) is 0 Å². The Kier molecular flexibility index (Phi) is 4.51. The first-order valence-electron chi connectivity index (χ1n) is 8.42. The predicted octanol–water partition coefficient (Wildman–Crippen LogP) is 3.03. The number of ether oxygens (including phenoxy) is 1. The Balaban J connectivity index is 1.78. The number of nitrogens with two attached hydrogens (primary N) is 1. The van der Waals surface area contributed by atoms with Gasteiger partial charge in [-0.25, -0.2) is 0 Å². The van der Waals surface area contributed by atoms with Crippen molar-refractivity contribution in [1.29, 1.82) is 0 Å². The molecule has 0 amide bonds. The van der Waals surface area contributed by atoms with Crippen LogP contribution in [0.4, 0.5) is 5.69 Å². The first-order valence-corrected chi connectivity index (χ1v) is 8.42. The fraction of sp³-hybridized carbons (Fsp3) is 0.667. The van der Waals surface area contributed by atoms with Crippen LogP contribution in [0, 0.1) is 6.92 Å². The number of morpholine rings is 1. The number of benzene rings is 1. The first-order chi connectivity index (χ1) is 10.2. The number of fused-ring (bicyclic) bond motifs is 1. The summed E-state index contributed by atoms with van der Waals surface area (Å²) in [5, 5.41) is 0. The van der Waals surface area contributed by atoms with Gasteiger partial charge in [0.2, 0.25) is 0 Å². The lowest BCUT2D eigenvalue weighted by Crippen LogP contribution is -2.48. The summed E-state index contributed by atoms with van der Waals surface area (Å²) in [6.45, 7) is 6.26. The van der Waals surface area contributed by atoms with E-state index in [-0.39, 0.29) is 6.04 Å². The van der Waals surface area contributed by atoms with Gasteiger partial charge < -0.3 is 15.4 Å². The summed E-state index contributed by atoms with van der Waals surface area (Å²) in [4.78, 5) is 2.57. The molecule has 1 saturated heterocycles. The third-order valence-electron chi connectivity index (χ3n) is 5.15. The molecule has 3 rings (SSSR count). The van der Waals surface area contributed by atoms with Crippen LogP contribution in [0.25, 0.3) is 0 Å². The van der Waals surface area contributed by atoms with Crippen LogP contribution in [0.15, 0.2) is 18.2 Å². The fourth-order valence-electron chi connectivity index (χ4n) is 3.76. The lowest BCUT2D eigenvalue weighted by Gasteiger charge is -2.39. The number of anilines is 1. The zero-order chi connectivity index (χ0) is 14.8. The van der Waals surface area contributed by atoms with Gasteiger partial charge in [0.25, 0.3) is 0 Å². The van der Waals surface area contributed by atoms with E-state index in [0.717, 1.165) is 26.0 Å². The van der Waals surface area contributed by atoms with E-state index in [9.17, 15) is 0 Å². The maximum absolute atomic E-state index is 6.10. The highest BCUT2D eigenvalue weighted by atomic mass is 16.5. The predicted molar refractivity (Wildman–Crippen MR) is 87.9 cm³/mol. The monoisotopic (exact) mass is 288 g/mol. The molecule has 1 aliphatic carbocycles. The second kappa shape index (κ2) is 6.37. The molecule has 3 nitrogen and oxygen atoms in total. The van der Waals surface area contributed by atoms with Gasteiger partial charge in [0.05, 0.1) is 18.8 Å². The van der Waals surface area contributed by atoms with Crippen LogP contribution in [0.5, 0.6) is 0 Å². The van der Waals surface area contributed by atoms with Crippen LogP contribution < -0.4 is 10.6 Å². The molecule has 21 heavy (non-hydrogen) atoms. The molecule has 3 unspecified atom stereocenters. The average molecular weight is 288 g/mol. The van der Waals surface area contributed by atoms with Gasteiger partial charge in [0.1, 0.15) is 0 Å². The van der Waals surface area contributed by atoms with E-state index >= 15 is 0 Å². The minimum atomic E-state index is 0.275. The van der Waals surface area contributed by atoms with Crippen molar-refractivity contribution in [3.63, 3.8) is 0 Å². The Bertz CT molecular complexity index is 488. The van der Waals surface area contributed by atoms with Gasteiger partial charge in [-0.1, -0.05) is 13.0 Å². The summed E-state index contributed by atoms with van der Waals surface area (Å²) in [7, 11) is 0. The summed E-state index contributed by atoms with van der Waals surface area (Å²) in [6, 6.07) is 7.77. The number of hydrogen-bond acceptors (Lipinski definition) is 3. The lowest BCUT2D eigenvalue weighted by atomic mass is 9.98. The number of rotatable bonds is 4. The Morgan fingerprint density at radius 2 is 2.24 bits per heavy atom. The summed E-state index contributed by atoms with van der Waals surface area (Å²) in [6.07, 6.45) is 6.27. The van der Waals surface area contributed by atoms with Gasteiger partial charge in [-0.05, 0) is 62.3 Å². The van der Waals surface area contributed by atoms with Crippen molar-refractivity contribution in [2.75, 3.05) is 18.1 Å². The average Bonchev–Trinajstić information content (AvgIpc) is 2.97. The number of nitrogens with zero attached hydrogens (tertiary/aromatic N) is 1. The van der Waals surface area contributed by atoms with Crippen LogP contribution in [0.1, 0.15) is 43.7 Å². The maximum atomic E-state index is 6.10. The topological polar surface area (TPSA) is 38.5 Å². The molecule has 1 saturated carbocycles. The molecule has 2 fully saturated rings. The number of hydrogen-bond donors (Lipinski definition) is 1. The Hall–Kier alpha value is -1.06. The van der Waals surface area contributed by atoms with Crippen molar-refractivity contribution in [2.24, 2.45) is 5.73 Å². The molecule has 0 aromatic heterocycles. The third kappa shape index (κ3) is 3.09. The van der Waals surface area contributed by atoms with Crippen molar-refractivity contribution < 1.29 is 4.74 Å². The van der Waals surface area contributed by atoms with Crippen molar-refractivity contribution in [1.82, 2.24) is 0 Å². The third-order valence-corrected chi connectivity index (χ3v) is 5.15. The molecule has 1 aromatic rings. The second-order valence-corrected chi connectivity index (χ2v) is 6.58. The van der Waals surface area contributed by atoms with Gasteiger partial charge in [0.15, 0.2) is 0 Å². The molecule has 1 aliphatic heterocycles. The van der Waals surface area contributed by atoms with E-state index < -0.39 is 0 Å². The molecule has 0 radical (unpaired) electrons. The van der Waals surface area contributed by atoms with Gasteiger partial charge >= 0.3 is 0 Å². The molecule has 3 heteroatoms. The summed E-state index contributed by atoms with van der Waals surface area (Å²) in [5.74, 6) is 0. The fourth-order valence-corrected chi connectivity index (χ4v) is 3.76. The molecule has 0 spiro atoms. The molecule has 3 atom stereocenters. The van der Waals surface area contributed by atoms with Crippen LogP contribution in [-0.4, -0.2) is 31.3 Å².